The molecule has 2 N–H and O–H groups in total. The van der Waals surface area contributed by atoms with Crippen LogP contribution in [0.2, 0.25) is 0 Å². The normalized spacial score (nSPS) is 33.0. The second kappa shape index (κ2) is 12.6. The molecular weight excluding hydrogens is 678 g/mol. The van der Waals surface area contributed by atoms with Crippen molar-refractivity contribution in [1.29, 1.82) is 0 Å². The molecule has 9 rings (SSSR count). The first-order valence-corrected chi connectivity index (χ1v) is 19.2. The summed E-state index contributed by atoms with van der Waals surface area (Å²) in [5.74, 6) is -6.89. The highest BCUT2D eigenvalue weighted by molar-refractivity contribution is 5.99. The summed E-state index contributed by atoms with van der Waals surface area (Å²) in [7, 11) is 0. The minimum atomic E-state index is -3.51. The number of anilines is 2. The number of aliphatic carboxylic acids is 1. The largest absolute Gasteiger partial charge is 0.490 e. The van der Waals surface area contributed by atoms with Crippen molar-refractivity contribution in [3.8, 4) is 5.75 Å². The maximum Gasteiger partial charge on any atom is 0.330 e. The van der Waals surface area contributed by atoms with E-state index in [1.54, 1.807) is 0 Å². The molecule has 5 aliphatic carbocycles. The molecule has 7 aliphatic rings. The molecule has 52 heavy (non-hydrogen) atoms. The standard InChI is InChI=1S/C39H49F4N5O4/c1-4-37(5-2)19-48(31-11-10-28(17-30(31)37)52-27-8-6-26(7-9-27)47-20-38(42,43)21-47)35-44-18-29(32(45-35)36(3,40)41)33(49)46-39(34(50)51)24-13-22-12-23(15-24)16-25(39)14-22/h10-11,17-18,22-27H,4-9,12-16,19-21H2,1-3H3,(H,46,49)(H,50,51)/t22?,23?,24?,25?,26-,27-,39?. The maximum atomic E-state index is 15.4. The van der Waals surface area contributed by atoms with Gasteiger partial charge in [0.1, 0.15) is 17.0 Å². The first-order chi connectivity index (χ1) is 24.6. The zero-order chi connectivity index (χ0) is 36.8. The lowest BCUT2D eigenvalue weighted by Crippen LogP contribution is -2.70. The van der Waals surface area contributed by atoms with Crippen LogP contribution in [0.4, 0.5) is 29.2 Å². The number of alkyl halides is 4. The van der Waals surface area contributed by atoms with Gasteiger partial charge in [-0.3, -0.25) is 9.69 Å². The van der Waals surface area contributed by atoms with E-state index in [1.165, 1.54) is 0 Å². The number of nitrogens with zero attached hydrogens (tertiary/aromatic N) is 4. The van der Waals surface area contributed by atoms with Crippen molar-refractivity contribution in [2.24, 2.45) is 23.7 Å². The van der Waals surface area contributed by atoms with Crippen LogP contribution in [0.5, 0.6) is 5.75 Å². The smallest absolute Gasteiger partial charge is 0.330 e. The zero-order valence-corrected chi connectivity index (χ0v) is 30.1. The van der Waals surface area contributed by atoms with Gasteiger partial charge in [0.05, 0.1) is 24.8 Å². The number of fused-ring (bicyclic) bond motifs is 1. The summed E-state index contributed by atoms with van der Waals surface area (Å²) < 4.78 is 64.1. The molecule has 6 fully saturated rings. The topological polar surface area (TPSA) is 108 Å². The van der Waals surface area contributed by atoms with Gasteiger partial charge < -0.3 is 20.1 Å². The molecule has 2 aromatic rings. The van der Waals surface area contributed by atoms with Crippen LogP contribution in [0.3, 0.4) is 0 Å². The lowest BCUT2D eigenvalue weighted by atomic mass is 9.48. The quantitative estimate of drug-likeness (QED) is 0.243. The molecule has 0 unspecified atom stereocenters. The first-order valence-electron chi connectivity index (χ1n) is 19.2. The Labute approximate surface area is 301 Å². The van der Waals surface area contributed by atoms with Crippen molar-refractivity contribution in [3.05, 3.63) is 41.2 Å². The van der Waals surface area contributed by atoms with Gasteiger partial charge in [0.25, 0.3) is 17.8 Å². The Hall–Kier alpha value is -3.48. The Morgan fingerprint density at radius 3 is 2.17 bits per heavy atom. The number of ether oxygens (including phenoxy) is 1. The Morgan fingerprint density at radius 2 is 1.62 bits per heavy atom. The van der Waals surface area contributed by atoms with Gasteiger partial charge in [0.15, 0.2) is 0 Å². The molecule has 4 bridgehead atoms. The fraction of sp³-hybridized carbons (Fsp3) is 0.692. The Kier molecular flexibility index (Phi) is 8.58. The summed E-state index contributed by atoms with van der Waals surface area (Å²) in [6.45, 7) is 5.00. The fourth-order valence-corrected chi connectivity index (χ4v) is 11.1. The van der Waals surface area contributed by atoms with Gasteiger partial charge in [-0.2, -0.15) is 8.78 Å². The molecule has 2 aliphatic heterocycles. The summed E-state index contributed by atoms with van der Waals surface area (Å²) >= 11 is 0. The van der Waals surface area contributed by atoms with E-state index in [-0.39, 0.29) is 48.4 Å². The number of rotatable bonds is 10. The number of benzene rings is 1. The van der Waals surface area contributed by atoms with E-state index < -0.39 is 40.5 Å². The van der Waals surface area contributed by atoms with E-state index in [4.69, 9.17) is 4.74 Å². The van der Waals surface area contributed by atoms with Gasteiger partial charge in [0.2, 0.25) is 5.95 Å². The third kappa shape index (κ3) is 5.84. The number of carboxylic acid groups (broad SMARTS) is 1. The van der Waals surface area contributed by atoms with Gasteiger partial charge in [0, 0.05) is 36.8 Å². The van der Waals surface area contributed by atoms with Crippen LogP contribution in [0, 0.1) is 23.7 Å². The summed E-state index contributed by atoms with van der Waals surface area (Å²) in [6, 6.07) is 5.96. The molecule has 1 aromatic carbocycles. The van der Waals surface area contributed by atoms with Crippen molar-refractivity contribution in [2.75, 3.05) is 24.5 Å². The minimum Gasteiger partial charge on any atom is -0.490 e. The number of hydrogen-bond acceptors (Lipinski definition) is 7. The minimum absolute atomic E-state index is 0.0262. The van der Waals surface area contributed by atoms with E-state index in [9.17, 15) is 23.5 Å². The number of aromatic nitrogens is 2. The van der Waals surface area contributed by atoms with Crippen LogP contribution < -0.4 is 15.0 Å². The molecular formula is C39H49F4N5O4. The van der Waals surface area contributed by atoms with Crippen LogP contribution in [0.15, 0.2) is 24.4 Å². The summed E-state index contributed by atoms with van der Waals surface area (Å²) in [6.07, 6.45) is 9.76. The first kappa shape index (κ1) is 35.5. The molecule has 3 heterocycles. The van der Waals surface area contributed by atoms with Crippen molar-refractivity contribution < 1.29 is 37.0 Å². The lowest BCUT2D eigenvalue weighted by molar-refractivity contribution is -0.163. The van der Waals surface area contributed by atoms with Crippen LogP contribution in [0.25, 0.3) is 0 Å². The van der Waals surface area contributed by atoms with Crippen LogP contribution in [-0.4, -0.2) is 75.1 Å². The molecule has 9 nitrogen and oxygen atoms in total. The summed E-state index contributed by atoms with van der Waals surface area (Å²) in [5.41, 5.74) is -1.19. The molecule has 0 atom stereocenters. The van der Waals surface area contributed by atoms with E-state index in [2.05, 4.69) is 29.1 Å². The Bertz CT molecular complexity index is 1700. The number of carboxylic acids is 1. The van der Waals surface area contributed by atoms with Crippen LogP contribution >= 0.6 is 0 Å². The van der Waals surface area contributed by atoms with Gasteiger partial charge in [-0.1, -0.05) is 13.8 Å². The Balaban J connectivity index is 1.04. The summed E-state index contributed by atoms with van der Waals surface area (Å²) in [5, 5.41) is 13.3. The van der Waals surface area contributed by atoms with Crippen LogP contribution in [-0.2, 0) is 16.1 Å². The van der Waals surface area contributed by atoms with Gasteiger partial charge >= 0.3 is 5.97 Å². The van der Waals surface area contributed by atoms with E-state index in [1.807, 2.05) is 28.0 Å². The highest BCUT2D eigenvalue weighted by Gasteiger charge is 2.62. The van der Waals surface area contributed by atoms with Crippen molar-refractivity contribution in [2.45, 2.75) is 126 Å². The second-order valence-electron chi connectivity index (χ2n) is 16.8. The SMILES string of the molecule is CCC1(CC)CN(c2ncc(C(=O)NC3(C(=O)O)C4CC5CC(C4)CC3C5)c(C(C)(F)F)n2)c2ccc(O[C@H]3CC[C@H](N4CC(F)(F)C4)CC3)cc21. The fourth-order valence-electron chi connectivity index (χ4n) is 11.1. The predicted molar refractivity (Wildman–Crippen MR) is 185 cm³/mol. The third-order valence-corrected chi connectivity index (χ3v) is 13.8. The number of halogens is 4. The van der Waals surface area contributed by atoms with E-state index >= 15 is 8.78 Å². The lowest BCUT2D eigenvalue weighted by Gasteiger charge is -2.59. The van der Waals surface area contributed by atoms with Crippen molar-refractivity contribution in [3.63, 3.8) is 0 Å². The number of amides is 1. The van der Waals surface area contributed by atoms with E-state index in [0.717, 1.165) is 62.4 Å². The van der Waals surface area contributed by atoms with Crippen molar-refractivity contribution >= 4 is 23.5 Å². The third-order valence-electron chi connectivity index (χ3n) is 13.8. The number of likely N-dealkylation sites (tertiary alicyclic amines) is 1. The van der Waals surface area contributed by atoms with Crippen LogP contribution in [0.1, 0.15) is 113 Å². The van der Waals surface area contributed by atoms with Gasteiger partial charge in [-0.15, -0.1) is 0 Å². The van der Waals surface area contributed by atoms with Gasteiger partial charge in [-0.05, 0) is 118 Å². The zero-order valence-electron chi connectivity index (χ0n) is 30.1. The number of hydrogen-bond donors (Lipinski definition) is 2. The average molecular weight is 728 g/mol. The second-order valence-corrected chi connectivity index (χ2v) is 16.8. The average Bonchev–Trinajstić information content (AvgIpc) is 3.42. The highest BCUT2D eigenvalue weighted by atomic mass is 19.3. The monoisotopic (exact) mass is 727 g/mol. The Morgan fingerprint density at radius 1 is 0.981 bits per heavy atom. The van der Waals surface area contributed by atoms with Gasteiger partial charge in [-0.25, -0.2) is 23.5 Å². The molecule has 5 saturated carbocycles. The maximum absolute atomic E-state index is 15.4. The number of carbonyl (C=O) groups excluding carboxylic acids is 1. The number of carbonyl (C=O) groups is 2. The highest BCUT2D eigenvalue weighted by Crippen LogP contribution is 2.58. The molecule has 1 aromatic heterocycles. The number of nitrogens with one attached hydrogen (secondary N) is 1. The molecule has 0 spiro atoms. The summed E-state index contributed by atoms with van der Waals surface area (Å²) in [4.78, 5) is 39.3. The molecule has 282 valence electrons. The van der Waals surface area contributed by atoms with Crippen molar-refractivity contribution in [1.82, 2.24) is 20.2 Å². The molecule has 1 saturated heterocycles. The van der Waals surface area contributed by atoms with E-state index in [0.29, 0.717) is 56.7 Å². The predicted octanol–water partition coefficient (Wildman–Crippen LogP) is 7.45. The molecule has 13 heteroatoms. The molecule has 0 radical (unpaired) electrons. The molecule has 1 amide bonds.